The van der Waals surface area contributed by atoms with Crippen LogP contribution in [-0.2, 0) is 20.9 Å². The average Bonchev–Trinajstić information content (AvgIpc) is 3.79. The highest BCUT2D eigenvalue weighted by atomic mass is 16.2. The van der Waals surface area contributed by atoms with Crippen molar-refractivity contribution in [1.29, 1.82) is 5.26 Å². The van der Waals surface area contributed by atoms with Crippen molar-refractivity contribution in [2.75, 3.05) is 16.8 Å². The van der Waals surface area contributed by atoms with E-state index in [4.69, 9.17) is 0 Å². The van der Waals surface area contributed by atoms with Crippen molar-refractivity contribution in [2.24, 2.45) is 0 Å². The van der Waals surface area contributed by atoms with Crippen LogP contribution in [-0.4, -0.2) is 47.9 Å². The van der Waals surface area contributed by atoms with Crippen LogP contribution in [0.3, 0.4) is 0 Å². The zero-order valence-electron chi connectivity index (χ0n) is 22.6. The van der Waals surface area contributed by atoms with Crippen molar-refractivity contribution in [3.8, 4) is 6.07 Å². The molecule has 1 fully saturated rings. The molecule has 0 bridgehead atoms. The van der Waals surface area contributed by atoms with E-state index >= 15 is 0 Å². The molecule has 3 unspecified atom stereocenters. The minimum atomic E-state index is -1.01. The molecule has 9 nitrogen and oxygen atoms in total. The first-order valence-electron chi connectivity index (χ1n) is 13.2. The number of para-hydroxylation sites is 1. The van der Waals surface area contributed by atoms with Crippen molar-refractivity contribution in [2.45, 2.75) is 64.2 Å². The highest BCUT2D eigenvalue weighted by molar-refractivity contribution is 6.09. The molecular weight excluding hydrogens is 492 g/mol. The van der Waals surface area contributed by atoms with Gasteiger partial charge in [0, 0.05) is 18.5 Å². The van der Waals surface area contributed by atoms with Gasteiger partial charge in [-0.2, -0.15) is 5.26 Å². The summed E-state index contributed by atoms with van der Waals surface area (Å²) >= 11 is 0. The number of nitrogens with zero attached hydrogens (tertiary/aromatic N) is 4. The Morgan fingerprint density at radius 2 is 1.92 bits per heavy atom. The number of aromatic nitrogens is 1. The summed E-state index contributed by atoms with van der Waals surface area (Å²) in [5, 5.41) is 16.4. The Balaban J connectivity index is 1.70. The number of benzene rings is 2. The summed E-state index contributed by atoms with van der Waals surface area (Å²) in [5.41, 5.74) is 4.31. The van der Waals surface area contributed by atoms with E-state index in [1.807, 2.05) is 30.5 Å². The molecule has 2 N–H and O–H groups in total. The maximum atomic E-state index is 14.4. The number of rotatable bonds is 6. The Morgan fingerprint density at radius 1 is 1.18 bits per heavy atom. The van der Waals surface area contributed by atoms with Gasteiger partial charge in [-0.15, -0.1) is 0 Å². The van der Waals surface area contributed by atoms with E-state index in [1.165, 1.54) is 11.8 Å². The van der Waals surface area contributed by atoms with E-state index in [2.05, 4.69) is 21.7 Å². The highest BCUT2D eigenvalue weighted by Crippen LogP contribution is 2.44. The van der Waals surface area contributed by atoms with Crippen LogP contribution in [0.2, 0.25) is 0 Å². The van der Waals surface area contributed by atoms with Crippen LogP contribution >= 0.6 is 0 Å². The summed E-state index contributed by atoms with van der Waals surface area (Å²) in [6.45, 7) is 5.12. The minimum Gasteiger partial charge on any atom is -0.341 e. The summed E-state index contributed by atoms with van der Waals surface area (Å²) < 4.78 is 0. The third kappa shape index (κ3) is 4.84. The molecule has 2 aliphatic rings. The van der Waals surface area contributed by atoms with Gasteiger partial charge in [0.15, 0.2) is 0 Å². The van der Waals surface area contributed by atoms with Crippen molar-refractivity contribution in [3.05, 3.63) is 65.4 Å². The van der Waals surface area contributed by atoms with E-state index in [-0.39, 0.29) is 24.3 Å². The summed E-state index contributed by atoms with van der Waals surface area (Å²) in [6.07, 6.45) is 4.05. The summed E-state index contributed by atoms with van der Waals surface area (Å²) in [5.74, 6) is -0.568. The first-order valence-corrected chi connectivity index (χ1v) is 13.2. The van der Waals surface area contributed by atoms with E-state index in [0.717, 1.165) is 34.9 Å². The lowest BCUT2D eigenvalue weighted by Gasteiger charge is -2.32. The number of hydrogen-bond donors (Lipinski definition) is 2. The second-order valence-corrected chi connectivity index (χ2v) is 10.3. The Hall–Kier alpha value is -4.29. The summed E-state index contributed by atoms with van der Waals surface area (Å²) in [6, 6.07) is 12.8. The number of nitriles is 1. The number of hydrogen-bond acceptors (Lipinski definition) is 6. The van der Waals surface area contributed by atoms with Crippen molar-refractivity contribution < 1.29 is 14.4 Å². The number of nitrogens with one attached hydrogen (secondary N) is 2. The Kier molecular flexibility index (Phi) is 7.06. The van der Waals surface area contributed by atoms with Gasteiger partial charge in [-0.05, 0) is 75.0 Å². The van der Waals surface area contributed by atoms with Crippen LogP contribution in [0.25, 0.3) is 10.9 Å². The van der Waals surface area contributed by atoms with Crippen LogP contribution in [0, 0.1) is 11.3 Å². The third-order valence-electron chi connectivity index (χ3n) is 7.79. The minimum absolute atomic E-state index is 0.235. The quantitative estimate of drug-likeness (QED) is 0.511. The highest BCUT2D eigenvalue weighted by Gasteiger charge is 2.42. The predicted molar refractivity (Wildman–Crippen MR) is 149 cm³/mol. The molecule has 1 aliphatic heterocycles. The first-order chi connectivity index (χ1) is 18.7. The molecule has 39 heavy (non-hydrogen) atoms. The smallest absolute Gasteiger partial charge is 0.252 e. The zero-order chi connectivity index (χ0) is 27.8. The molecule has 200 valence electrons. The summed E-state index contributed by atoms with van der Waals surface area (Å²) in [7, 11) is 1.67. The van der Waals surface area contributed by atoms with Gasteiger partial charge in [-0.3, -0.25) is 19.4 Å². The second kappa shape index (κ2) is 10.5. The van der Waals surface area contributed by atoms with E-state index < -0.39 is 18.1 Å². The second-order valence-electron chi connectivity index (χ2n) is 10.3. The number of carbonyl (C=O) groups excluding carboxylic acids is 3. The third-order valence-corrected chi connectivity index (χ3v) is 7.79. The lowest BCUT2D eigenvalue weighted by atomic mass is 9.99. The molecule has 0 radical (unpaired) electrons. The fourth-order valence-corrected chi connectivity index (χ4v) is 5.38. The largest absolute Gasteiger partial charge is 0.341 e. The molecule has 3 atom stereocenters. The molecule has 1 aromatic heterocycles. The molecule has 0 spiro atoms. The molecule has 1 saturated carbocycles. The number of carbonyl (C=O) groups is 3. The Labute approximate surface area is 227 Å². The molecule has 1 aliphatic carbocycles. The van der Waals surface area contributed by atoms with Crippen LogP contribution in [0.4, 0.5) is 11.4 Å². The molecule has 3 aromatic rings. The number of amides is 3. The van der Waals surface area contributed by atoms with Gasteiger partial charge in [0.2, 0.25) is 11.8 Å². The average molecular weight is 525 g/mol. The van der Waals surface area contributed by atoms with Crippen LogP contribution in [0.15, 0.2) is 48.7 Å². The van der Waals surface area contributed by atoms with Crippen LogP contribution < -0.4 is 20.4 Å². The van der Waals surface area contributed by atoms with Crippen molar-refractivity contribution in [1.82, 2.24) is 15.6 Å². The first kappa shape index (κ1) is 26.3. The van der Waals surface area contributed by atoms with Gasteiger partial charge >= 0.3 is 0 Å². The number of pyridine rings is 1. The van der Waals surface area contributed by atoms with Gasteiger partial charge in [0.1, 0.15) is 6.04 Å². The molecule has 3 amide bonds. The van der Waals surface area contributed by atoms with Crippen molar-refractivity contribution in [3.63, 3.8) is 0 Å². The predicted octanol–water partition coefficient (Wildman–Crippen LogP) is 3.36. The Bertz CT molecular complexity index is 1510. The van der Waals surface area contributed by atoms with E-state index in [9.17, 15) is 19.6 Å². The summed E-state index contributed by atoms with van der Waals surface area (Å²) in [4.78, 5) is 48.2. The topological polar surface area (TPSA) is 118 Å². The molecule has 0 saturated heterocycles. The van der Waals surface area contributed by atoms with Gasteiger partial charge in [-0.25, -0.2) is 0 Å². The molecular formula is C30H32N6O3. The van der Waals surface area contributed by atoms with Crippen LogP contribution in [0.1, 0.15) is 56.2 Å². The number of anilines is 2. The van der Waals surface area contributed by atoms with E-state index in [0.29, 0.717) is 22.9 Å². The van der Waals surface area contributed by atoms with Crippen LogP contribution in [0.5, 0.6) is 0 Å². The maximum absolute atomic E-state index is 14.4. The molecule has 5 rings (SSSR count). The van der Waals surface area contributed by atoms with Crippen molar-refractivity contribution >= 4 is 40.0 Å². The maximum Gasteiger partial charge on any atom is 0.252 e. The fourth-order valence-electron chi connectivity index (χ4n) is 5.38. The Morgan fingerprint density at radius 3 is 2.59 bits per heavy atom. The van der Waals surface area contributed by atoms with Gasteiger partial charge in [-0.1, -0.05) is 18.2 Å². The lowest BCUT2D eigenvalue weighted by molar-refractivity contribution is -0.129. The monoisotopic (exact) mass is 524 g/mol. The lowest BCUT2D eigenvalue weighted by Crippen LogP contribution is -2.59. The fraction of sp³-hybridized carbons (Fsp3) is 0.367. The van der Waals surface area contributed by atoms with Gasteiger partial charge in [0.25, 0.3) is 5.91 Å². The normalized spacial score (nSPS) is 19.7. The van der Waals surface area contributed by atoms with E-state index in [1.54, 1.807) is 44.0 Å². The SMILES string of the molecule is CNC(C)C(=O)NC1C(=O)N(Cc2c(C3CC3)cnc3ccccc23)c2ccc(C#N)cc2N(C(C)=O)C1C. The zero-order valence-corrected chi connectivity index (χ0v) is 22.6. The standard InChI is InChI=1S/C30H32N6O3/c1-17(32-4)29(38)34-28-18(2)36(19(3)37)27-13-20(14-31)9-12-26(27)35(30(28)39)16-24-22-7-5-6-8-25(22)33-15-23(24)21-10-11-21/h5-9,12-13,15,17-18,21,28,32H,10-11,16H2,1-4H3,(H,34,38). The van der Waals surface area contributed by atoms with Gasteiger partial charge in [0.05, 0.1) is 47.2 Å². The number of likely N-dealkylation sites (N-methyl/N-ethyl adjacent to an activating group) is 1. The molecule has 9 heteroatoms. The number of fused-ring (bicyclic) bond motifs is 2. The van der Waals surface area contributed by atoms with Gasteiger partial charge < -0.3 is 20.4 Å². The molecule has 2 aromatic carbocycles. The molecule has 2 heterocycles.